The number of rotatable bonds is 6. The lowest BCUT2D eigenvalue weighted by Gasteiger charge is -2.14. The van der Waals surface area contributed by atoms with Gasteiger partial charge in [-0.25, -0.2) is 0 Å². The summed E-state index contributed by atoms with van der Waals surface area (Å²) < 4.78 is 5.61. The lowest BCUT2D eigenvalue weighted by molar-refractivity contribution is -0.127. The molecule has 2 N–H and O–H groups in total. The largest absolute Gasteiger partial charge is 0.481 e. The third-order valence-electron chi connectivity index (χ3n) is 4.64. The Labute approximate surface area is 158 Å². The average molecular weight is 364 g/mol. The highest BCUT2D eigenvalue weighted by Gasteiger charge is 2.14. The van der Waals surface area contributed by atoms with Crippen molar-refractivity contribution >= 4 is 16.8 Å². The maximum absolute atomic E-state index is 12.4. The van der Waals surface area contributed by atoms with E-state index in [1.807, 2.05) is 62.4 Å². The van der Waals surface area contributed by atoms with Gasteiger partial charge in [-0.2, -0.15) is 0 Å². The lowest BCUT2D eigenvalue weighted by Crippen LogP contribution is -2.37. The SMILES string of the molecule is Cc1ccc(C)c2[nH]c(=O)c(CCNC(=O)[C@H](C)Oc3ccccc3)cc12. The van der Waals surface area contributed by atoms with Crippen LogP contribution >= 0.6 is 0 Å². The first-order valence-electron chi connectivity index (χ1n) is 9.07. The molecule has 3 aromatic rings. The fourth-order valence-electron chi connectivity index (χ4n) is 3.02. The van der Waals surface area contributed by atoms with Crippen molar-refractivity contribution < 1.29 is 9.53 Å². The third kappa shape index (κ3) is 4.37. The Bertz CT molecular complexity index is 1010. The van der Waals surface area contributed by atoms with E-state index >= 15 is 0 Å². The first-order chi connectivity index (χ1) is 13.0. The topological polar surface area (TPSA) is 71.2 Å². The van der Waals surface area contributed by atoms with Gasteiger partial charge in [-0.05, 0) is 56.5 Å². The standard InChI is InChI=1S/C22H24N2O3/c1-14-9-10-15(2)20-19(14)13-17(22(26)24-20)11-12-23-21(25)16(3)27-18-7-5-4-6-8-18/h4-10,13,16H,11-12H2,1-3H3,(H,23,25)(H,24,26)/t16-/m0/s1. The number of benzene rings is 2. The molecule has 0 spiro atoms. The number of carbonyl (C=O) groups excluding carboxylic acids is 1. The zero-order valence-electron chi connectivity index (χ0n) is 15.8. The first-order valence-corrected chi connectivity index (χ1v) is 9.07. The van der Waals surface area contributed by atoms with Crippen molar-refractivity contribution in [2.24, 2.45) is 0 Å². The summed E-state index contributed by atoms with van der Waals surface area (Å²) in [4.78, 5) is 27.5. The van der Waals surface area contributed by atoms with E-state index in [-0.39, 0.29) is 11.5 Å². The third-order valence-corrected chi connectivity index (χ3v) is 4.64. The van der Waals surface area contributed by atoms with Gasteiger partial charge in [0, 0.05) is 17.5 Å². The van der Waals surface area contributed by atoms with Crippen LogP contribution in [0.15, 0.2) is 53.3 Å². The number of aromatic nitrogens is 1. The number of amides is 1. The van der Waals surface area contributed by atoms with Crippen LogP contribution in [0.5, 0.6) is 5.75 Å². The van der Waals surface area contributed by atoms with Crippen LogP contribution < -0.4 is 15.6 Å². The smallest absolute Gasteiger partial charge is 0.260 e. The summed E-state index contributed by atoms with van der Waals surface area (Å²) in [5, 5.41) is 3.87. The van der Waals surface area contributed by atoms with Gasteiger partial charge >= 0.3 is 0 Å². The van der Waals surface area contributed by atoms with E-state index in [1.54, 1.807) is 6.92 Å². The second kappa shape index (κ2) is 8.08. The highest BCUT2D eigenvalue weighted by molar-refractivity contribution is 5.85. The maximum atomic E-state index is 12.4. The number of hydrogen-bond acceptors (Lipinski definition) is 3. The number of pyridine rings is 1. The molecule has 0 aliphatic rings. The Morgan fingerprint density at radius 1 is 1.11 bits per heavy atom. The Morgan fingerprint density at radius 3 is 2.56 bits per heavy atom. The molecule has 5 nitrogen and oxygen atoms in total. The van der Waals surface area contributed by atoms with Crippen LogP contribution in [-0.4, -0.2) is 23.5 Å². The van der Waals surface area contributed by atoms with Crippen LogP contribution in [0.3, 0.4) is 0 Å². The molecule has 1 aromatic heterocycles. The Hall–Kier alpha value is -3.08. The maximum Gasteiger partial charge on any atom is 0.260 e. The van der Waals surface area contributed by atoms with Gasteiger partial charge in [0.1, 0.15) is 5.75 Å². The number of H-pyrrole nitrogens is 1. The van der Waals surface area contributed by atoms with Crippen LogP contribution in [0.25, 0.3) is 10.9 Å². The highest BCUT2D eigenvalue weighted by Crippen LogP contribution is 2.19. The summed E-state index contributed by atoms with van der Waals surface area (Å²) in [6.45, 7) is 6.08. The Balaban J connectivity index is 1.63. The second-order valence-electron chi connectivity index (χ2n) is 6.73. The van der Waals surface area contributed by atoms with Gasteiger partial charge in [0.15, 0.2) is 6.10 Å². The van der Waals surface area contributed by atoms with E-state index in [4.69, 9.17) is 4.74 Å². The average Bonchev–Trinajstić information content (AvgIpc) is 2.66. The molecule has 0 bridgehead atoms. The minimum Gasteiger partial charge on any atom is -0.481 e. The summed E-state index contributed by atoms with van der Waals surface area (Å²) >= 11 is 0. The van der Waals surface area contributed by atoms with Crippen LogP contribution in [0, 0.1) is 13.8 Å². The molecule has 0 unspecified atom stereocenters. The number of hydrogen-bond donors (Lipinski definition) is 2. The molecule has 1 atom stereocenters. The van der Waals surface area contributed by atoms with Crippen molar-refractivity contribution in [3.05, 3.63) is 75.6 Å². The molecule has 5 heteroatoms. The number of aromatic amines is 1. The lowest BCUT2D eigenvalue weighted by atomic mass is 10.0. The van der Waals surface area contributed by atoms with E-state index in [2.05, 4.69) is 10.3 Å². The number of para-hydroxylation sites is 1. The molecule has 0 fully saturated rings. The summed E-state index contributed by atoms with van der Waals surface area (Å²) in [5.74, 6) is 0.445. The van der Waals surface area contributed by atoms with Crippen LogP contribution in [0.2, 0.25) is 0 Å². The van der Waals surface area contributed by atoms with E-state index in [0.29, 0.717) is 24.3 Å². The quantitative estimate of drug-likeness (QED) is 0.705. The summed E-state index contributed by atoms with van der Waals surface area (Å²) in [6, 6.07) is 15.2. The van der Waals surface area contributed by atoms with Crippen LogP contribution in [0.1, 0.15) is 23.6 Å². The molecule has 1 heterocycles. The van der Waals surface area contributed by atoms with Crippen LogP contribution in [0.4, 0.5) is 0 Å². The minimum atomic E-state index is -0.604. The predicted molar refractivity (Wildman–Crippen MR) is 107 cm³/mol. The molecule has 3 rings (SSSR count). The number of ether oxygens (including phenoxy) is 1. The fourth-order valence-corrected chi connectivity index (χ4v) is 3.02. The molecule has 0 saturated heterocycles. The van der Waals surface area contributed by atoms with Crippen molar-refractivity contribution in [3.63, 3.8) is 0 Å². The van der Waals surface area contributed by atoms with Crippen molar-refractivity contribution in [2.45, 2.75) is 33.3 Å². The van der Waals surface area contributed by atoms with Crippen molar-refractivity contribution in [1.29, 1.82) is 0 Å². The van der Waals surface area contributed by atoms with E-state index < -0.39 is 6.10 Å². The number of fused-ring (bicyclic) bond motifs is 1. The van der Waals surface area contributed by atoms with Crippen molar-refractivity contribution in [1.82, 2.24) is 10.3 Å². The zero-order valence-corrected chi connectivity index (χ0v) is 15.8. The predicted octanol–water partition coefficient (Wildman–Crippen LogP) is 3.27. The van der Waals surface area contributed by atoms with Gasteiger partial charge in [-0.1, -0.05) is 30.3 Å². The van der Waals surface area contributed by atoms with Gasteiger partial charge in [0.05, 0.1) is 5.52 Å². The molecular weight excluding hydrogens is 340 g/mol. The van der Waals surface area contributed by atoms with E-state index in [1.165, 1.54) is 0 Å². The van der Waals surface area contributed by atoms with Crippen molar-refractivity contribution in [2.75, 3.05) is 6.54 Å². The van der Waals surface area contributed by atoms with Crippen LogP contribution in [-0.2, 0) is 11.2 Å². The molecule has 27 heavy (non-hydrogen) atoms. The Kier molecular flexibility index (Phi) is 5.60. The molecule has 0 aliphatic heterocycles. The molecule has 0 aliphatic carbocycles. The fraction of sp³-hybridized carbons (Fsp3) is 0.273. The zero-order chi connectivity index (χ0) is 19.4. The molecule has 0 saturated carbocycles. The van der Waals surface area contributed by atoms with Gasteiger partial charge in [0.25, 0.3) is 11.5 Å². The van der Waals surface area contributed by atoms with Gasteiger partial charge in [-0.3, -0.25) is 9.59 Å². The normalized spacial score (nSPS) is 12.0. The van der Waals surface area contributed by atoms with E-state index in [0.717, 1.165) is 22.0 Å². The minimum absolute atomic E-state index is 0.112. The summed E-state index contributed by atoms with van der Waals surface area (Å²) in [5.41, 5.74) is 3.58. The monoisotopic (exact) mass is 364 g/mol. The number of carbonyl (C=O) groups is 1. The Morgan fingerprint density at radius 2 is 1.81 bits per heavy atom. The summed E-state index contributed by atoms with van der Waals surface area (Å²) in [6.07, 6.45) is -0.144. The first kappa shape index (κ1) is 18.7. The van der Waals surface area contributed by atoms with Gasteiger partial charge < -0.3 is 15.0 Å². The number of nitrogens with one attached hydrogen (secondary N) is 2. The number of aryl methyl sites for hydroxylation is 2. The molecule has 2 aromatic carbocycles. The molecule has 140 valence electrons. The second-order valence-corrected chi connectivity index (χ2v) is 6.73. The summed E-state index contributed by atoms with van der Waals surface area (Å²) in [7, 11) is 0. The highest BCUT2D eigenvalue weighted by atomic mass is 16.5. The van der Waals surface area contributed by atoms with Gasteiger partial charge in [-0.15, -0.1) is 0 Å². The molecule has 1 amide bonds. The molecular formula is C22H24N2O3. The molecule has 0 radical (unpaired) electrons. The van der Waals surface area contributed by atoms with E-state index in [9.17, 15) is 9.59 Å². The van der Waals surface area contributed by atoms with Gasteiger partial charge in [0.2, 0.25) is 0 Å². The van der Waals surface area contributed by atoms with Crippen molar-refractivity contribution in [3.8, 4) is 5.75 Å².